The van der Waals surface area contributed by atoms with Crippen molar-refractivity contribution in [3.63, 3.8) is 0 Å². The van der Waals surface area contributed by atoms with E-state index in [1.165, 1.54) is 5.57 Å². The highest BCUT2D eigenvalue weighted by atomic mass is 14.9. The first-order chi connectivity index (χ1) is 6.24. The van der Waals surface area contributed by atoms with Crippen LogP contribution in [0.1, 0.15) is 20.3 Å². The van der Waals surface area contributed by atoms with Crippen LogP contribution in [0, 0.1) is 0 Å². The second-order valence-electron chi connectivity index (χ2n) is 3.32. The van der Waals surface area contributed by atoms with E-state index in [1.807, 2.05) is 18.2 Å². The molecule has 1 atom stereocenters. The predicted octanol–water partition coefficient (Wildman–Crippen LogP) is 3.45. The van der Waals surface area contributed by atoms with Crippen molar-refractivity contribution in [3.8, 4) is 0 Å². The summed E-state index contributed by atoms with van der Waals surface area (Å²) in [5.41, 5.74) is 2.35. The van der Waals surface area contributed by atoms with Gasteiger partial charge in [-0.05, 0) is 25.5 Å². The van der Waals surface area contributed by atoms with Crippen molar-refractivity contribution in [2.45, 2.75) is 26.3 Å². The second-order valence-corrected chi connectivity index (χ2v) is 3.32. The van der Waals surface area contributed by atoms with Crippen LogP contribution in [0.15, 0.2) is 42.5 Å². The summed E-state index contributed by atoms with van der Waals surface area (Å²) in [6.45, 7) is 8.18. The molecule has 0 aliphatic rings. The first-order valence-electron chi connectivity index (χ1n) is 4.71. The van der Waals surface area contributed by atoms with Crippen molar-refractivity contribution in [2.24, 2.45) is 0 Å². The molecule has 0 bridgehead atoms. The molecular formula is C12H17N. The van der Waals surface area contributed by atoms with E-state index in [2.05, 4.69) is 37.9 Å². The highest BCUT2D eigenvalue weighted by Gasteiger charge is 2.04. The lowest BCUT2D eigenvalue weighted by atomic mass is 10.1. The van der Waals surface area contributed by atoms with Crippen molar-refractivity contribution < 1.29 is 0 Å². The average Bonchev–Trinajstić information content (AvgIpc) is 2.15. The van der Waals surface area contributed by atoms with Gasteiger partial charge in [-0.15, -0.1) is 0 Å². The van der Waals surface area contributed by atoms with Crippen LogP contribution in [-0.2, 0) is 0 Å². The molecule has 0 amide bonds. The largest absolute Gasteiger partial charge is 0.379 e. The van der Waals surface area contributed by atoms with Crippen LogP contribution in [-0.4, -0.2) is 6.04 Å². The zero-order valence-corrected chi connectivity index (χ0v) is 8.38. The first-order valence-corrected chi connectivity index (χ1v) is 4.71. The molecule has 1 rings (SSSR count). The number of hydrogen-bond donors (Lipinski definition) is 1. The zero-order valence-electron chi connectivity index (χ0n) is 8.38. The van der Waals surface area contributed by atoms with Gasteiger partial charge >= 0.3 is 0 Å². The number of hydrogen-bond acceptors (Lipinski definition) is 1. The van der Waals surface area contributed by atoms with Gasteiger partial charge in [0.15, 0.2) is 0 Å². The van der Waals surface area contributed by atoms with Gasteiger partial charge in [0.2, 0.25) is 0 Å². The number of rotatable bonds is 4. The van der Waals surface area contributed by atoms with Crippen molar-refractivity contribution in [1.82, 2.24) is 0 Å². The summed E-state index contributed by atoms with van der Waals surface area (Å²) >= 11 is 0. The molecule has 0 heterocycles. The van der Waals surface area contributed by atoms with E-state index < -0.39 is 0 Å². The van der Waals surface area contributed by atoms with Crippen LogP contribution in [0.2, 0.25) is 0 Å². The lowest BCUT2D eigenvalue weighted by molar-refractivity contribution is 0.791. The SMILES string of the molecule is C=C(C)[C@H](CC)Nc1ccccc1. The third kappa shape index (κ3) is 2.94. The lowest BCUT2D eigenvalue weighted by Crippen LogP contribution is -2.18. The predicted molar refractivity (Wildman–Crippen MR) is 59.0 cm³/mol. The molecule has 0 fully saturated rings. The maximum atomic E-state index is 3.96. The molecule has 1 nitrogen and oxygen atoms in total. The summed E-state index contributed by atoms with van der Waals surface area (Å²) in [5.74, 6) is 0. The summed E-state index contributed by atoms with van der Waals surface area (Å²) < 4.78 is 0. The molecule has 1 heteroatoms. The maximum Gasteiger partial charge on any atom is 0.0465 e. The van der Waals surface area contributed by atoms with Gasteiger partial charge in [0, 0.05) is 11.7 Å². The van der Waals surface area contributed by atoms with E-state index >= 15 is 0 Å². The summed E-state index contributed by atoms with van der Waals surface area (Å²) in [6, 6.07) is 10.6. The Morgan fingerprint density at radius 1 is 1.38 bits per heavy atom. The van der Waals surface area contributed by atoms with Crippen LogP contribution in [0.4, 0.5) is 5.69 Å². The summed E-state index contributed by atoms with van der Waals surface area (Å²) in [4.78, 5) is 0. The summed E-state index contributed by atoms with van der Waals surface area (Å²) in [5, 5.41) is 3.43. The Kier molecular flexibility index (Phi) is 3.56. The van der Waals surface area contributed by atoms with E-state index in [9.17, 15) is 0 Å². The van der Waals surface area contributed by atoms with Gasteiger partial charge in [0.25, 0.3) is 0 Å². The minimum atomic E-state index is 0.391. The minimum Gasteiger partial charge on any atom is -0.379 e. The third-order valence-electron chi connectivity index (χ3n) is 2.12. The molecular weight excluding hydrogens is 158 g/mol. The Hall–Kier alpha value is -1.24. The fraction of sp³-hybridized carbons (Fsp3) is 0.333. The van der Waals surface area contributed by atoms with Crippen molar-refractivity contribution in [3.05, 3.63) is 42.5 Å². The van der Waals surface area contributed by atoms with Gasteiger partial charge in [0.05, 0.1) is 0 Å². The standard InChI is InChI=1S/C12H17N/c1-4-12(10(2)3)13-11-8-6-5-7-9-11/h5-9,12-13H,2,4H2,1,3H3/t12-/m0/s1. The van der Waals surface area contributed by atoms with Gasteiger partial charge in [-0.1, -0.05) is 37.3 Å². The number of benzene rings is 1. The Labute approximate surface area is 80.5 Å². The highest BCUT2D eigenvalue weighted by molar-refractivity contribution is 5.44. The summed E-state index contributed by atoms with van der Waals surface area (Å²) in [7, 11) is 0. The normalized spacial score (nSPS) is 12.2. The Morgan fingerprint density at radius 3 is 2.46 bits per heavy atom. The molecule has 0 unspecified atom stereocenters. The molecule has 0 aromatic heterocycles. The maximum absolute atomic E-state index is 3.96. The smallest absolute Gasteiger partial charge is 0.0465 e. The Morgan fingerprint density at radius 2 is 2.00 bits per heavy atom. The zero-order chi connectivity index (χ0) is 9.68. The fourth-order valence-corrected chi connectivity index (χ4v) is 1.31. The third-order valence-corrected chi connectivity index (χ3v) is 2.12. The van der Waals surface area contributed by atoms with Gasteiger partial charge in [-0.3, -0.25) is 0 Å². The van der Waals surface area contributed by atoms with Gasteiger partial charge in [-0.2, -0.15) is 0 Å². The fourth-order valence-electron chi connectivity index (χ4n) is 1.31. The minimum absolute atomic E-state index is 0.391. The van der Waals surface area contributed by atoms with Crippen LogP contribution < -0.4 is 5.32 Å². The summed E-state index contributed by atoms with van der Waals surface area (Å²) in [6.07, 6.45) is 1.07. The molecule has 1 aromatic rings. The highest BCUT2D eigenvalue weighted by Crippen LogP contribution is 2.12. The molecule has 1 aromatic carbocycles. The number of para-hydroxylation sites is 1. The van der Waals surface area contributed by atoms with Gasteiger partial charge in [-0.25, -0.2) is 0 Å². The molecule has 0 saturated carbocycles. The molecule has 0 radical (unpaired) electrons. The van der Waals surface area contributed by atoms with Crippen molar-refractivity contribution >= 4 is 5.69 Å². The van der Waals surface area contributed by atoms with E-state index in [0.29, 0.717) is 6.04 Å². The molecule has 13 heavy (non-hydrogen) atoms. The van der Waals surface area contributed by atoms with Crippen LogP contribution >= 0.6 is 0 Å². The number of anilines is 1. The van der Waals surface area contributed by atoms with Gasteiger partial charge in [0.1, 0.15) is 0 Å². The van der Waals surface area contributed by atoms with Crippen molar-refractivity contribution in [1.29, 1.82) is 0 Å². The van der Waals surface area contributed by atoms with E-state index in [4.69, 9.17) is 0 Å². The molecule has 70 valence electrons. The molecule has 1 N–H and O–H groups in total. The quantitative estimate of drug-likeness (QED) is 0.691. The van der Waals surface area contributed by atoms with Crippen LogP contribution in [0.25, 0.3) is 0 Å². The van der Waals surface area contributed by atoms with E-state index in [-0.39, 0.29) is 0 Å². The van der Waals surface area contributed by atoms with Gasteiger partial charge < -0.3 is 5.32 Å². The van der Waals surface area contributed by atoms with E-state index in [1.54, 1.807) is 0 Å². The molecule has 0 spiro atoms. The van der Waals surface area contributed by atoms with Crippen LogP contribution in [0.5, 0.6) is 0 Å². The Bertz CT molecular complexity index is 264. The Balaban J connectivity index is 2.62. The lowest BCUT2D eigenvalue weighted by Gasteiger charge is -2.17. The van der Waals surface area contributed by atoms with E-state index in [0.717, 1.165) is 12.1 Å². The molecule has 0 aliphatic carbocycles. The molecule has 0 saturated heterocycles. The first kappa shape index (κ1) is 9.85. The topological polar surface area (TPSA) is 12.0 Å². The molecule has 0 aliphatic heterocycles. The number of nitrogens with one attached hydrogen (secondary N) is 1. The second kappa shape index (κ2) is 4.70. The monoisotopic (exact) mass is 175 g/mol. The van der Waals surface area contributed by atoms with Crippen molar-refractivity contribution in [2.75, 3.05) is 5.32 Å². The average molecular weight is 175 g/mol. The van der Waals surface area contributed by atoms with Crippen LogP contribution in [0.3, 0.4) is 0 Å².